The molecule has 18 heavy (non-hydrogen) atoms. The summed E-state index contributed by atoms with van der Waals surface area (Å²) in [6, 6.07) is 3.46. The van der Waals surface area contributed by atoms with Crippen LogP contribution in [0, 0.1) is 0 Å². The van der Waals surface area contributed by atoms with E-state index in [1.54, 1.807) is 29.2 Å². The molecule has 0 atom stereocenters. The fourth-order valence-electron chi connectivity index (χ4n) is 1.53. The van der Waals surface area contributed by atoms with Gasteiger partial charge in [0.1, 0.15) is 5.82 Å². The molecule has 3 aromatic rings. The number of aryl methyl sites for hydroxylation is 1. The van der Waals surface area contributed by atoms with Crippen molar-refractivity contribution in [3.63, 3.8) is 0 Å². The van der Waals surface area contributed by atoms with Gasteiger partial charge in [-0.15, -0.1) is 0 Å². The van der Waals surface area contributed by atoms with Crippen LogP contribution in [0.15, 0.2) is 35.2 Å². The highest BCUT2D eigenvalue weighted by molar-refractivity contribution is 5.58. The third kappa shape index (κ3) is 1.81. The number of nitrogen functional groups attached to an aromatic ring is 1. The van der Waals surface area contributed by atoms with E-state index in [1.165, 1.54) is 0 Å². The molecule has 3 aromatic heterocycles. The average molecular weight is 242 g/mol. The van der Waals surface area contributed by atoms with Gasteiger partial charge in [-0.05, 0) is 12.1 Å². The van der Waals surface area contributed by atoms with E-state index in [0.717, 1.165) is 11.1 Å². The van der Waals surface area contributed by atoms with Crippen LogP contribution in [0.1, 0.15) is 0 Å². The first-order chi connectivity index (χ1) is 8.72. The molecule has 0 saturated heterocycles. The standard InChI is InChI=1S/C11H10N6O/c1-17-6-8(5-14-17)10-15-11(18-16-10)7-2-3-9(12)13-4-7/h2-6H,1H3,(H2,12,13). The van der Waals surface area contributed by atoms with Gasteiger partial charge in [-0.2, -0.15) is 10.1 Å². The first-order valence-corrected chi connectivity index (χ1v) is 5.27. The number of nitrogens with zero attached hydrogens (tertiary/aromatic N) is 5. The predicted molar refractivity (Wildman–Crippen MR) is 64.1 cm³/mol. The van der Waals surface area contributed by atoms with E-state index in [0.29, 0.717) is 17.5 Å². The second kappa shape index (κ2) is 3.95. The zero-order valence-electron chi connectivity index (χ0n) is 9.61. The molecule has 3 rings (SSSR count). The molecule has 7 nitrogen and oxygen atoms in total. The molecule has 0 aliphatic carbocycles. The monoisotopic (exact) mass is 242 g/mol. The summed E-state index contributed by atoms with van der Waals surface area (Å²) in [6.45, 7) is 0. The van der Waals surface area contributed by atoms with Gasteiger partial charge in [0.05, 0.1) is 17.3 Å². The number of aromatic nitrogens is 5. The molecule has 0 aliphatic heterocycles. The summed E-state index contributed by atoms with van der Waals surface area (Å²) < 4.78 is 6.85. The highest BCUT2D eigenvalue weighted by Crippen LogP contribution is 2.21. The highest BCUT2D eigenvalue weighted by Gasteiger charge is 2.11. The van der Waals surface area contributed by atoms with Crippen molar-refractivity contribution in [2.45, 2.75) is 0 Å². The van der Waals surface area contributed by atoms with E-state index in [4.69, 9.17) is 10.3 Å². The van der Waals surface area contributed by atoms with Crippen LogP contribution in [0.5, 0.6) is 0 Å². The Morgan fingerprint density at radius 2 is 2.11 bits per heavy atom. The number of anilines is 1. The predicted octanol–water partition coefficient (Wildman–Crippen LogP) is 1.11. The van der Waals surface area contributed by atoms with Crippen LogP contribution in [-0.2, 0) is 7.05 Å². The Labute approximate surface area is 102 Å². The number of hydrogen-bond acceptors (Lipinski definition) is 6. The maximum absolute atomic E-state index is 5.51. The Morgan fingerprint density at radius 1 is 1.22 bits per heavy atom. The Morgan fingerprint density at radius 3 is 2.78 bits per heavy atom. The lowest BCUT2D eigenvalue weighted by Crippen LogP contribution is -1.88. The maximum Gasteiger partial charge on any atom is 0.259 e. The van der Waals surface area contributed by atoms with E-state index in [9.17, 15) is 0 Å². The molecule has 0 aliphatic rings. The van der Waals surface area contributed by atoms with E-state index in [1.807, 2.05) is 13.2 Å². The second-order valence-electron chi connectivity index (χ2n) is 3.80. The van der Waals surface area contributed by atoms with Crippen molar-refractivity contribution in [1.82, 2.24) is 24.9 Å². The second-order valence-corrected chi connectivity index (χ2v) is 3.80. The molecule has 0 spiro atoms. The summed E-state index contributed by atoms with van der Waals surface area (Å²) in [7, 11) is 1.83. The van der Waals surface area contributed by atoms with Crippen LogP contribution in [0.2, 0.25) is 0 Å². The van der Waals surface area contributed by atoms with Crippen LogP contribution in [0.25, 0.3) is 22.8 Å². The van der Waals surface area contributed by atoms with Crippen LogP contribution in [0.4, 0.5) is 5.82 Å². The number of hydrogen-bond donors (Lipinski definition) is 1. The smallest absolute Gasteiger partial charge is 0.259 e. The fourth-order valence-corrected chi connectivity index (χ4v) is 1.53. The van der Waals surface area contributed by atoms with Crippen molar-refractivity contribution >= 4 is 5.82 Å². The molecule has 2 N–H and O–H groups in total. The Kier molecular flexibility index (Phi) is 2.30. The van der Waals surface area contributed by atoms with Gasteiger partial charge in [0, 0.05) is 19.4 Å². The molecule has 0 bridgehead atoms. The summed E-state index contributed by atoms with van der Waals surface area (Å²) in [6.07, 6.45) is 5.08. The van der Waals surface area contributed by atoms with E-state index in [2.05, 4.69) is 20.2 Å². The average Bonchev–Trinajstić information content (AvgIpc) is 2.98. The highest BCUT2D eigenvalue weighted by atomic mass is 16.5. The van der Waals surface area contributed by atoms with Gasteiger partial charge in [-0.3, -0.25) is 4.68 Å². The maximum atomic E-state index is 5.51. The van der Waals surface area contributed by atoms with E-state index in [-0.39, 0.29) is 0 Å². The zero-order valence-corrected chi connectivity index (χ0v) is 9.61. The number of pyridine rings is 1. The summed E-state index contributed by atoms with van der Waals surface area (Å²) in [5, 5.41) is 7.95. The molecule has 7 heteroatoms. The van der Waals surface area contributed by atoms with Crippen LogP contribution in [-0.4, -0.2) is 24.9 Å². The SMILES string of the molecule is Cn1cc(-c2noc(-c3ccc(N)nc3)n2)cn1. The summed E-state index contributed by atoms with van der Waals surface area (Å²) in [5.41, 5.74) is 7.05. The molecule has 90 valence electrons. The number of nitrogens with two attached hydrogens (primary N) is 1. The van der Waals surface area contributed by atoms with Crippen LogP contribution < -0.4 is 5.73 Å². The minimum atomic E-state index is 0.404. The van der Waals surface area contributed by atoms with Gasteiger partial charge in [-0.25, -0.2) is 4.98 Å². The molecule has 0 radical (unpaired) electrons. The Bertz CT molecular complexity index is 669. The minimum Gasteiger partial charge on any atom is -0.384 e. The molecule has 0 fully saturated rings. The molecule has 3 heterocycles. The fraction of sp³-hybridized carbons (Fsp3) is 0.0909. The van der Waals surface area contributed by atoms with E-state index >= 15 is 0 Å². The molecule has 0 saturated carbocycles. The van der Waals surface area contributed by atoms with Crippen molar-refractivity contribution in [2.24, 2.45) is 7.05 Å². The van der Waals surface area contributed by atoms with Gasteiger partial charge in [0.25, 0.3) is 5.89 Å². The van der Waals surface area contributed by atoms with E-state index < -0.39 is 0 Å². The van der Waals surface area contributed by atoms with Crippen molar-refractivity contribution < 1.29 is 4.52 Å². The lowest BCUT2D eigenvalue weighted by Gasteiger charge is -1.93. The zero-order chi connectivity index (χ0) is 12.5. The van der Waals surface area contributed by atoms with Crippen LogP contribution >= 0.6 is 0 Å². The van der Waals surface area contributed by atoms with Gasteiger partial charge in [0.2, 0.25) is 5.82 Å². The molecular weight excluding hydrogens is 232 g/mol. The third-order valence-electron chi connectivity index (χ3n) is 2.42. The lowest BCUT2D eigenvalue weighted by atomic mass is 10.3. The minimum absolute atomic E-state index is 0.404. The van der Waals surface area contributed by atoms with Crippen molar-refractivity contribution in [1.29, 1.82) is 0 Å². The Hall–Kier alpha value is -2.70. The Balaban J connectivity index is 1.96. The first-order valence-electron chi connectivity index (χ1n) is 5.27. The molecular formula is C11H10N6O. The van der Waals surface area contributed by atoms with Gasteiger partial charge >= 0.3 is 0 Å². The molecule has 0 unspecified atom stereocenters. The van der Waals surface area contributed by atoms with Gasteiger partial charge in [-0.1, -0.05) is 5.16 Å². The lowest BCUT2D eigenvalue weighted by molar-refractivity contribution is 0.432. The quantitative estimate of drug-likeness (QED) is 0.723. The number of rotatable bonds is 2. The largest absolute Gasteiger partial charge is 0.384 e. The summed E-state index contributed by atoms with van der Waals surface area (Å²) in [4.78, 5) is 8.26. The van der Waals surface area contributed by atoms with Gasteiger partial charge < -0.3 is 10.3 Å². The third-order valence-corrected chi connectivity index (χ3v) is 2.42. The van der Waals surface area contributed by atoms with Crippen molar-refractivity contribution in [2.75, 3.05) is 5.73 Å². The summed E-state index contributed by atoms with van der Waals surface area (Å²) >= 11 is 0. The van der Waals surface area contributed by atoms with Gasteiger partial charge in [0.15, 0.2) is 0 Å². The molecule has 0 aromatic carbocycles. The summed E-state index contributed by atoms with van der Waals surface area (Å²) in [5.74, 6) is 1.35. The topological polar surface area (TPSA) is 95.7 Å². The first kappa shape index (κ1) is 10.5. The van der Waals surface area contributed by atoms with Crippen molar-refractivity contribution in [3.8, 4) is 22.8 Å². The normalized spacial score (nSPS) is 10.7. The molecule has 0 amide bonds. The van der Waals surface area contributed by atoms with Crippen LogP contribution in [0.3, 0.4) is 0 Å². The van der Waals surface area contributed by atoms with Crippen molar-refractivity contribution in [3.05, 3.63) is 30.7 Å².